The SMILES string of the molecule is Cc1ccc(C)c(-c2nn(CC(=O)N(C)[C@@H]3CCS(=O)(=O)C3)c(=O)c3ccccc23)c1. The van der Waals surface area contributed by atoms with E-state index in [1.165, 1.54) is 9.58 Å². The van der Waals surface area contributed by atoms with Gasteiger partial charge in [0.05, 0.1) is 22.6 Å². The standard InChI is InChI=1S/C23H25N3O4S/c1-15-8-9-16(2)20(12-15)22-18-6-4-5-7-19(18)23(28)26(24-22)13-21(27)25(3)17-10-11-31(29,30)14-17/h4-9,12,17H,10-11,13-14H2,1-3H3/t17-/m1/s1. The fourth-order valence-corrected chi connectivity index (χ4v) is 5.83. The predicted octanol–water partition coefficient (Wildman–Crippen LogP) is 2.33. The third kappa shape index (κ3) is 4.12. The number of hydrogen-bond acceptors (Lipinski definition) is 5. The Bertz CT molecular complexity index is 1340. The van der Waals surface area contributed by atoms with Crippen LogP contribution in [0.4, 0.5) is 0 Å². The zero-order chi connectivity index (χ0) is 22.3. The van der Waals surface area contributed by atoms with Crippen LogP contribution in [0.25, 0.3) is 22.0 Å². The fourth-order valence-electron chi connectivity index (χ4n) is 4.06. The zero-order valence-electron chi connectivity index (χ0n) is 17.8. The monoisotopic (exact) mass is 439 g/mol. The van der Waals surface area contributed by atoms with Crippen molar-refractivity contribution in [3.8, 4) is 11.3 Å². The van der Waals surface area contributed by atoms with Gasteiger partial charge in [-0.2, -0.15) is 5.10 Å². The molecule has 2 heterocycles. The third-order valence-corrected chi connectivity index (χ3v) is 7.70. The molecule has 0 bridgehead atoms. The van der Waals surface area contributed by atoms with E-state index in [4.69, 9.17) is 0 Å². The number of benzene rings is 2. The van der Waals surface area contributed by atoms with Crippen LogP contribution >= 0.6 is 0 Å². The molecule has 1 atom stereocenters. The van der Waals surface area contributed by atoms with Gasteiger partial charge in [0.1, 0.15) is 6.54 Å². The van der Waals surface area contributed by atoms with Gasteiger partial charge in [-0.3, -0.25) is 9.59 Å². The number of sulfone groups is 1. The number of nitrogens with zero attached hydrogens (tertiary/aromatic N) is 3. The Morgan fingerprint density at radius 1 is 1.16 bits per heavy atom. The molecule has 2 aromatic carbocycles. The molecule has 4 rings (SSSR count). The molecule has 0 saturated carbocycles. The first-order valence-corrected chi connectivity index (χ1v) is 12.0. The molecular formula is C23H25N3O4S. The Labute approximate surface area is 181 Å². The second-order valence-corrected chi connectivity index (χ2v) is 10.5. The minimum Gasteiger partial charge on any atom is -0.340 e. The van der Waals surface area contributed by atoms with E-state index >= 15 is 0 Å². The maximum absolute atomic E-state index is 13.1. The number of rotatable bonds is 4. The molecule has 0 radical (unpaired) electrons. The summed E-state index contributed by atoms with van der Waals surface area (Å²) in [7, 11) is -1.52. The van der Waals surface area contributed by atoms with Crippen molar-refractivity contribution in [2.45, 2.75) is 32.9 Å². The molecule has 1 amide bonds. The zero-order valence-corrected chi connectivity index (χ0v) is 18.6. The summed E-state index contributed by atoms with van der Waals surface area (Å²) in [5.41, 5.74) is 3.31. The number of amides is 1. The molecule has 7 nitrogen and oxygen atoms in total. The van der Waals surface area contributed by atoms with Gasteiger partial charge in [-0.25, -0.2) is 13.1 Å². The number of aryl methyl sites for hydroxylation is 2. The van der Waals surface area contributed by atoms with Gasteiger partial charge < -0.3 is 4.90 Å². The summed E-state index contributed by atoms with van der Waals surface area (Å²) in [6.07, 6.45) is 0.415. The number of aromatic nitrogens is 2. The van der Waals surface area contributed by atoms with Crippen LogP contribution in [0.1, 0.15) is 17.5 Å². The lowest BCUT2D eigenvalue weighted by Crippen LogP contribution is -2.41. The number of hydrogen-bond donors (Lipinski definition) is 0. The van der Waals surface area contributed by atoms with Crippen LogP contribution in [-0.2, 0) is 21.2 Å². The molecule has 0 N–H and O–H groups in total. The summed E-state index contributed by atoms with van der Waals surface area (Å²) in [5, 5.41) is 5.82. The molecule has 1 aliphatic rings. The number of likely N-dealkylation sites (N-methyl/N-ethyl adjacent to an activating group) is 1. The Hall–Kier alpha value is -3.00. The van der Waals surface area contributed by atoms with Crippen molar-refractivity contribution < 1.29 is 13.2 Å². The Kier molecular flexibility index (Phi) is 5.43. The Morgan fingerprint density at radius 2 is 1.87 bits per heavy atom. The molecular weight excluding hydrogens is 414 g/mol. The lowest BCUT2D eigenvalue weighted by atomic mass is 9.99. The van der Waals surface area contributed by atoms with Crippen molar-refractivity contribution in [2.24, 2.45) is 0 Å². The average molecular weight is 440 g/mol. The molecule has 1 fully saturated rings. The summed E-state index contributed by atoms with van der Waals surface area (Å²) in [6.45, 7) is 3.74. The van der Waals surface area contributed by atoms with Gasteiger partial charge in [-0.15, -0.1) is 0 Å². The van der Waals surface area contributed by atoms with Crippen LogP contribution in [0.15, 0.2) is 47.3 Å². The summed E-state index contributed by atoms with van der Waals surface area (Å²) < 4.78 is 24.8. The highest BCUT2D eigenvalue weighted by atomic mass is 32.2. The molecule has 0 aliphatic carbocycles. The third-order valence-electron chi connectivity index (χ3n) is 5.95. The number of carbonyl (C=O) groups is 1. The topological polar surface area (TPSA) is 89.3 Å². The van der Waals surface area contributed by atoms with E-state index in [9.17, 15) is 18.0 Å². The van der Waals surface area contributed by atoms with Gasteiger partial charge >= 0.3 is 0 Å². The maximum Gasteiger partial charge on any atom is 0.275 e. The maximum atomic E-state index is 13.1. The van der Waals surface area contributed by atoms with Gasteiger partial charge in [0.25, 0.3) is 5.56 Å². The summed E-state index contributed by atoms with van der Waals surface area (Å²) in [4.78, 5) is 27.4. The second kappa shape index (κ2) is 7.92. The first-order valence-electron chi connectivity index (χ1n) is 10.2. The fraction of sp³-hybridized carbons (Fsp3) is 0.348. The van der Waals surface area contributed by atoms with Crippen LogP contribution in [0.2, 0.25) is 0 Å². The van der Waals surface area contributed by atoms with Crippen LogP contribution < -0.4 is 5.56 Å². The van der Waals surface area contributed by atoms with Crippen molar-refractivity contribution in [1.82, 2.24) is 14.7 Å². The van der Waals surface area contributed by atoms with E-state index in [-0.39, 0.29) is 35.6 Å². The molecule has 31 heavy (non-hydrogen) atoms. The van der Waals surface area contributed by atoms with Gasteiger partial charge in [-0.05, 0) is 38.0 Å². The molecule has 1 aliphatic heterocycles. The number of carbonyl (C=O) groups excluding carboxylic acids is 1. The van der Waals surface area contributed by atoms with Crippen LogP contribution in [0.3, 0.4) is 0 Å². The van der Waals surface area contributed by atoms with E-state index < -0.39 is 9.84 Å². The van der Waals surface area contributed by atoms with Crippen molar-refractivity contribution in [3.63, 3.8) is 0 Å². The predicted molar refractivity (Wildman–Crippen MR) is 121 cm³/mol. The minimum absolute atomic E-state index is 0.0387. The van der Waals surface area contributed by atoms with Crippen LogP contribution in [0.5, 0.6) is 0 Å². The van der Waals surface area contributed by atoms with E-state index in [0.29, 0.717) is 17.5 Å². The molecule has 1 aromatic heterocycles. The molecule has 0 spiro atoms. The molecule has 0 unspecified atom stereocenters. The smallest absolute Gasteiger partial charge is 0.275 e. The molecule has 1 saturated heterocycles. The highest BCUT2D eigenvalue weighted by molar-refractivity contribution is 7.91. The summed E-state index contributed by atoms with van der Waals surface area (Å²) in [5.74, 6) is -0.289. The highest BCUT2D eigenvalue weighted by Crippen LogP contribution is 2.28. The van der Waals surface area contributed by atoms with Crippen molar-refractivity contribution in [2.75, 3.05) is 18.6 Å². The second-order valence-electron chi connectivity index (χ2n) is 8.24. The van der Waals surface area contributed by atoms with Crippen molar-refractivity contribution >= 4 is 26.5 Å². The lowest BCUT2D eigenvalue weighted by Gasteiger charge is -2.23. The van der Waals surface area contributed by atoms with Gasteiger partial charge in [0, 0.05) is 24.0 Å². The molecule has 3 aromatic rings. The molecule has 8 heteroatoms. The minimum atomic E-state index is -3.11. The Balaban J connectivity index is 1.77. The largest absolute Gasteiger partial charge is 0.340 e. The summed E-state index contributed by atoms with van der Waals surface area (Å²) in [6, 6.07) is 12.9. The van der Waals surface area contributed by atoms with Gasteiger partial charge in [-0.1, -0.05) is 35.9 Å². The molecule has 162 valence electrons. The van der Waals surface area contributed by atoms with E-state index in [0.717, 1.165) is 22.1 Å². The van der Waals surface area contributed by atoms with Crippen molar-refractivity contribution in [1.29, 1.82) is 0 Å². The van der Waals surface area contributed by atoms with E-state index in [2.05, 4.69) is 5.10 Å². The Morgan fingerprint density at radius 3 is 2.55 bits per heavy atom. The van der Waals surface area contributed by atoms with Crippen molar-refractivity contribution in [3.05, 3.63) is 63.9 Å². The van der Waals surface area contributed by atoms with Gasteiger partial charge in [0.2, 0.25) is 5.91 Å². The first-order chi connectivity index (χ1) is 14.7. The van der Waals surface area contributed by atoms with Crippen LogP contribution in [-0.4, -0.2) is 53.6 Å². The quantitative estimate of drug-likeness (QED) is 0.622. The normalized spacial score (nSPS) is 17.7. The highest BCUT2D eigenvalue weighted by Gasteiger charge is 2.33. The van der Waals surface area contributed by atoms with E-state index in [1.807, 2.05) is 44.2 Å². The van der Waals surface area contributed by atoms with E-state index in [1.54, 1.807) is 19.2 Å². The first kappa shape index (κ1) is 21.2. The van der Waals surface area contributed by atoms with Crippen LogP contribution in [0, 0.1) is 13.8 Å². The summed E-state index contributed by atoms with van der Waals surface area (Å²) >= 11 is 0. The number of fused-ring (bicyclic) bond motifs is 1. The lowest BCUT2D eigenvalue weighted by molar-refractivity contribution is -0.132. The van der Waals surface area contributed by atoms with Gasteiger partial charge in [0.15, 0.2) is 9.84 Å². The average Bonchev–Trinajstić information content (AvgIpc) is 3.11.